The van der Waals surface area contributed by atoms with E-state index >= 15 is 0 Å². The van der Waals surface area contributed by atoms with Gasteiger partial charge in [-0.25, -0.2) is 9.50 Å². The van der Waals surface area contributed by atoms with Gasteiger partial charge in [0.1, 0.15) is 0 Å². The molecule has 1 N–H and O–H groups in total. The van der Waals surface area contributed by atoms with Crippen LogP contribution < -0.4 is 5.32 Å². The number of carbonyl (C=O) groups excluding carboxylic acids is 1. The molecule has 1 amide bonds. The SMILES string of the molecule is O=C(Nc1cccc(C(F)(F)F)c1)c1csc2c1CCN(Cc1cnc3cccnn13)C2. The summed E-state index contributed by atoms with van der Waals surface area (Å²) in [6, 6.07) is 8.42. The third-order valence-electron chi connectivity index (χ3n) is 5.45. The van der Waals surface area contributed by atoms with Gasteiger partial charge in [-0.2, -0.15) is 18.3 Å². The normalized spacial score (nSPS) is 14.5. The van der Waals surface area contributed by atoms with Gasteiger partial charge < -0.3 is 5.32 Å². The number of nitrogens with zero attached hydrogens (tertiary/aromatic N) is 4. The van der Waals surface area contributed by atoms with Gasteiger partial charge in [0.05, 0.1) is 23.0 Å². The molecule has 0 unspecified atom stereocenters. The first kappa shape index (κ1) is 20.7. The fraction of sp³-hybridized carbons (Fsp3) is 0.227. The van der Waals surface area contributed by atoms with Crippen molar-refractivity contribution in [1.29, 1.82) is 0 Å². The quantitative estimate of drug-likeness (QED) is 0.486. The molecule has 164 valence electrons. The molecular formula is C22H18F3N5OS. The zero-order chi connectivity index (χ0) is 22.3. The number of benzene rings is 1. The second-order valence-electron chi connectivity index (χ2n) is 7.59. The molecule has 4 aromatic rings. The van der Waals surface area contributed by atoms with Crippen molar-refractivity contribution in [3.8, 4) is 0 Å². The van der Waals surface area contributed by atoms with Gasteiger partial charge in [-0.15, -0.1) is 11.3 Å². The summed E-state index contributed by atoms with van der Waals surface area (Å²) in [7, 11) is 0. The van der Waals surface area contributed by atoms with Crippen LogP contribution in [0.2, 0.25) is 0 Å². The van der Waals surface area contributed by atoms with Gasteiger partial charge in [-0.1, -0.05) is 6.07 Å². The van der Waals surface area contributed by atoms with Gasteiger partial charge in [0.15, 0.2) is 5.65 Å². The molecule has 0 radical (unpaired) electrons. The predicted molar refractivity (Wildman–Crippen MR) is 115 cm³/mol. The molecule has 4 heterocycles. The first-order valence-electron chi connectivity index (χ1n) is 9.96. The molecule has 1 aliphatic rings. The highest BCUT2D eigenvalue weighted by Gasteiger charge is 2.31. The van der Waals surface area contributed by atoms with E-state index in [1.807, 2.05) is 22.8 Å². The van der Waals surface area contributed by atoms with Crippen LogP contribution in [-0.4, -0.2) is 31.9 Å². The number of halogens is 3. The first-order chi connectivity index (χ1) is 15.4. The summed E-state index contributed by atoms with van der Waals surface area (Å²) in [5.74, 6) is -0.388. The van der Waals surface area contributed by atoms with E-state index in [1.165, 1.54) is 23.5 Å². The topological polar surface area (TPSA) is 62.5 Å². The maximum absolute atomic E-state index is 12.9. The Kier molecular flexibility index (Phi) is 5.18. The van der Waals surface area contributed by atoms with E-state index < -0.39 is 11.7 Å². The Hall–Kier alpha value is -3.24. The van der Waals surface area contributed by atoms with Crippen molar-refractivity contribution in [2.24, 2.45) is 0 Å². The third-order valence-corrected chi connectivity index (χ3v) is 6.47. The van der Waals surface area contributed by atoms with E-state index in [4.69, 9.17) is 0 Å². The lowest BCUT2D eigenvalue weighted by Crippen LogP contribution is -2.30. The maximum Gasteiger partial charge on any atom is 0.416 e. The number of aromatic nitrogens is 3. The van der Waals surface area contributed by atoms with E-state index in [2.05, 4.69) is 20.3 Å². The monoisotopic (exact) mass is 457 g/mol. The molecule has 0 atom stereocenters. The molecule has 1 aliphatic heterocycles. The zero-order valence-electron chi connectivity index (χ0n) is 16.8. The highest BCUT2D eigenvalue weighted by Crippen LogP contribution is 2.32. The van der Waals surface area contributed by atoms with Crippen molar-refractivity contribution in [1.82, 2.24) is 19.5 Å². The molecule has 0 bridgehead atoms. The fourth-order valence-corrected chi connectivity index (χ4v) is 5.01. The molecule has 0 aliphatic carbocycles. The van der Waals surface area contributed by atoms with Gasteiger partial charge in [-0.05, 0) is 42.3 Å². The molecule has 1 aromatic carbocycles. The van der Waals surface area contributed by atoms with Crippen LogP contribution in [0.1, 0.15) is 32.1 Å². The molecule has 6 nitrogen and oxygen atoms in total. The highest BCUT2D eigenvalue weighted by atomic mass is 32.1. The lowest BCUT2D eigenvalue weighted by molar-refractivity contribution is -0.137. The standard InChI is InChI=1S/C22H18F3N5OS/c23-22(24,25)14-3-1-4-15(9-14)28-21(31)18-13-32-19-12-29(8-6-17(18)19)11-16-10-26-20-5-2-7-27-30(16)20/h1-5,7,9-10,13H,6,8,11-12H2,(H,28,31). The van der Waals surface area contributed by atoms with E-state index in [1.54, 1.807) is 11.6 Å². The smallest absolute Gasteiger partial charge is 0.322 e. The van der Waals surface area contributed by atoms with Gasteiger partial charge >= 0.3 is 6.18 Å². The number of anilines is 1. The lowest BCUT2D eigenvalue weighted by atomic mass is 10.0. The average Bonchev–Trinajstić information content (AvgIpc) is 3.38. The molecule has 5 rings (SSSR count). The summed E-state index contributed by atoms with van der Waals surface area (Å²) >= 11 is 1.50. The van der Waals surface area contributed by atoms with Gasteiger partial charge in [-0.3, -0.25) is 9.69 Å². The van der Waals surface area contributed by atoms with Crippen LogP contribution in [0, 0.1) is 0 Å². The number of imidazole rings is 1. The third kappa shape index (κ3) is 3.98. The number of fused-ring (bicyclic) bond motifs is 2. The van der Waals surface area contributed by atoms with Crippen molar-refractivity contribution in [2.45, 2.75) is 25.7 Å². The van der Waals surface area contributed by atoms with Crippen LogP contribution in [0.25, 0.3) is 5.65 Å². The van der Waals surface area contributed by atoms with Gasteiger partial charge in [0.25, 0.3) is 5.91 Å². The summed E-state index contributed by atoms with van der Waals surface area (Å²) in [5, 5.41) is 8.74. The summed E-state index contributed by atoms with van der Waals surface area (Å²) in [5.41, 5.74) is 2.61. The number of thiophene rings is 1. The second-order valence-corrected chi connectivity index (χ2v) is 8.55. The number of amides is 1. The van der Waals surface area contributed by atoms with Crippen molar-refractivity contribution in [2.75, 3.05) is 11.9 Å². The number of hydrogen-bond acceptors (Lipinski definition) is 5. The molecule has 32 heavy (non-hydrogen) atoms. The minimum absolute atomic E-state index is 0.127. The number of hydrogen-bond donors (Lipinski definition) is 1. The Morgan fingerprint density at radius 3 is 2.94 bits per heavy atom. The van der Waals surface area contributed by atoms with Crippen LogP contribution in [0.5, 0.6) is 0 Å². The zero-order valence-corrected chi connectivity index (χ0v) is 17.6. The minimum Gasteiger partial charge on any atom is -0.322 e. The molecule has 3 aromatic heterocycles. The van der Waals surface area contributed by atoms with E-state index in [9.17, 15) is 18.0 Å². The largest absolute Gasteiger partial charge is 0.416 e. The van der Waals surface area contributed by atoms with Gasteiger partial charge in [0, 0.05) is 41.8 Å². The Bertz CT molecular complexity index is 1300. The highest BCUT2D eigenvalue weighted by molar-refractivity contribution is 7.10. The Labute approximate surface area is 185 Å². The van der Waals surface area contributed by atoms with Crippen molar-refractivity contribution < 1.29 is 18.0 Å². The van der Waals surface area contributed by atoms with Crippen molar-refractivity contribution >= 4 is 28.6 Å². The van der Waals surface area contributed by atoms with Crippen LogP contribution >= 0.6 is 11.3 Å². The van der Waals surface area contributed by atoms with Crippen LogP contribution in [0.3, 0.4) is 0 Å². The molecule has 0 saturated carbocycles. The van der Waals surface area contributed by atoms with E-state index in [-0.39, 0.29) is 11.6 Å². The van der Waals surface area contributed by atoms with E-state index in [0.29, 0.717) is 25.1 Å². The summed E-state index contributed by atoms with van der Waals surface area (Å²) in [4.78, 5) is 20.5. The van der Waals surface area contributed by atoms with Crippen LogP contribution in [0.4, 0.5) is 18.9 Å². The Morgan fingerprint density at radius 2 is 2.09 bits per heavy atom. The second kappa shape index (κ2) is 8.03. The predicted octanol–water partition coefficient (Wildman–Crippen LogP) is 4.62. The molecule has 0 saturated heterocycles. The summed E-state index contributed by atoms with van der Waals surface area (Å²) in [6.45, 7) is 2.13. The molecular weight excluding hydrogens is 439 g/mol. The summed E-state index contributed by atoms with van der Waals surface area (Å²) in [6.07, 6.45) is -0.225. The minimum atomic E-state index is -4.46. The Morgan fingerprint density at radius 1 is 1.22 bits per heavy atom. The number of nitrogens with one attached hydrogen (secondary N) is 1. The van der Waals surface area contributed by atoms with E-state index in [0.717, 1.165) is 40.5 Å². The first-order valence-corrected chi connectivity index (χ1v) is 10.8. The molecule has 0 spiro atoms. The van der Waals surface area contributed by atoms with Crippen molar-refractivity contribution in [3.05, 3.63) is 81.4 Å². The Balaban J connectivity index is 1.29. The molecule has 0 fully saturated rings. The number of carbonyl (C=O) groups is 1. The number of rotatable bonds is 4. The fourth-order valence-electron chi connectivity index (χ4n) is 3.89. The summed E-state index contributed by atoms with van der Waals surface area (Å²) < 4.78 is 40.6. The van der Waals surface area contributed by atoms with Gasteiger partial charge in [0.2, 0.25) is 0 Å². The van der Waals surface area contributed by atoms with Crippen molar-refractivity contribution in [3.63, 3.8) is 0 Å². The van der Waals surface area contributed by atoms with Crippen LogP contribution in [0.15, 0.2) is 54.2 Å². The number of alkyl halides is 3. The van der Waals surface area contributed by atoms with Crippen LogP contribution in [-0.2, 0) is 25.7 Å². The maximum atomic E-state index is 12.9. The molecule has 10 heteroatoms. The average molecular weight is 457 g/mol. The lowest BCUT2D eigenvalue weighted by Gasteiger charge is -2.26.